The molecule has 1 aromatic heterocycles. The van der Waals surface area contributed by atoms with Gasteiger partial charge in [-0.3, -0.25) is 9.69 Å². The third-order valence-electron chi connectivity index (χ3n) is 4.97. The highest BCUT2D eigenvalue weighted by Crippen LogP contribution is 2.24. The third-order valence-corrected chi connectivity index (χ3v) is 4.97. The maximum Gasteiger partial charge on any atom is 0.271 e. The number of benzene rings is 2. The lowest BCUT2D eigenvalue weighted by molar-refractivity contribution is 0.155. The lowest BCUT2D eigenvalue weighted by Gasteiger charge is -2.20. The molecular weight excluding hydrogens is 420 g/mol. The largest absolute Gasteiger partial charge is 0.494 e. The molecule has 0 atom stereocenters. The van der Waals surface area contributed by atoms with E-state index < -0.39 is 5.82 Å². The van der Waals surface area contributed by atoms with Crippen molar-refractivity contribution in [1.82, 2.24) is 14.7 Å². The number of hydrogen-bond acceptors (Lipinski definition) is 6. The Labute approximate surface area is 184 Å². The quantitative estimate of drug-likeness (QED) is 0.497. The lowest BCUT2D eigenvalue weighted by Crippen LogP contribution is -2.34. The Balaban J connectivity index is 2.06. The van der Waals surface area contributed by atoms with E-state index >= 15 is 0 Å². The van der Waals surface area contributed by atoms with Gasteiger partial charge in [0.2, 0.25) is 0 Å². The SMILES string of the molecule is COc1ccc(-c2cc(CN(CCO)CCO)c(=O)n(Cc3ccc(F)cc3)n2)cc1F. The Kier molecular flexibility index (Phi) is 8.04. The van der Waals surface area contributed by atoms with Gasteiger partial charge in [0.15, 0.2) is 11.6 Å². The molecule has 7 nitrogen and oxygen atoms in total. The van der Waals surface area contributed by atoms with E-state index in [1.807, 2.05) is 0 Å². The number of aliphatic hydroxyl groups is 2. The van der Waals surface area contributed by atoms with E-state index in [1.165, 1.54) is 36.1 Å². The zero-order valence-corrected chi connectivity index (χ0v) is 17.7. The van der Waals surface area contributed by atoms with Gasteiger partial charge in [-0.1, -0.05) is 12.1 Å². The Morgan fingerprint density at radius 3 is 2.31 bits per heavy atom. The number of nitrogens with zero attached hydrogens (tertiary/aromatic N) is 3. The monoisotopic (exact) mass is 445 g/mol. The summed E-state index contributed by atoms with van der Waals surface area (Å²) in [6, 6.07) is 11.7. The highest BCUT2D eigenvalue weighted by atomic mass is 19.1. The second-order valence-corrected chi connectivity index (χ2v) is 7.22. The molecule has 1 heterocycles. The average Bonchev–Trinajstić information content (AvgIpc) is 2.78. The standard InChI is InChI=1S/C23H25F2N3O4/c1-32-22-7-4-17(12-20(22)25)21-13-18(15-27(8-10-29)9-11-30)23(31)28(26-21)14-16-2-5-19(24)6-3-16/h2-7,12-13,29-30H,8-11,14-15H2,1H3. The molecule has 0 amide bonds. The molecule has 0 radical (unpaired) electrons. The van der Waals surface area contributed by atoms with Gasteiger partial charge < -0.3 is 14.9 Å². The molecule has 0 fully saturated rings. The summed E-state index contributed by atoms with van der Waals surface area (Å²) < 4.78 is 33.8. The van der Waals surface area contributed by atoms with Gasteiger partial charge in [-0.2, -0.15) is 5.10 Å². The van der Waals surface area contributed by atoms with E-state index in [-0.39, 0.29) is 56.5 Å². The second kappa shape index (κ2) is 10.9. The van der Waals surface area contributed by atoms with Crippen molar-refractivity contribution < 1.29 is 23.7 Å². The van der Waals surface area contributed by atoms with Crippen LogP contribution in [-0.4, -0.2) is 58.3 Å². The summed E-state index contributed by atoms with van der Waals surface area (Å²) >= 11 is 0. The van der Waals surface area contributed by atoms with Gasteiger partial charge in [-0.15, -0.1) is 0 Å². The van der Waals surface area contributed by atoms with Crippen molar-refractivity contribution in [1.29, 1.82) is 0 Å². The van der Waals surface area contributed by atoms with Gasteiger partial charge in [-0.05, 0) is 42.0 Å². The first-order valence-corrected chi connectivity index (χ1v) is 10.1. The van der Waals surface area contributed by atoms with Gasteiger partial charge in [-0.25, -0.2) is 13.5 Å². The van der Waals surface area contributed by atoms with Crippen molar-refractivity contribution in [3.63, 3.8) is 0 Å². The molecule has 0 aliphatic carbocycles. The van der Waals surface area contributed by atoms with Crippen LogP contribution in [0.25, 0.3) is 11.3 Å². The molecule has 0 saturated carbocycles. The topological polar surface area (TPSA) is 87.8 Å². The Morgan fingerprint density at radius 1 is 1.03 bits per heavy atom. The number of aromatic nitrogens is 2. The molecule has 0 bridgehead atoms. The van der Waals surface area contributed by atoms with Crippen LogP contribution >= 0.6 is 0 Å². The molecule has 0 spiro atoms. The number of hydrogen-bond donors (Lipinski definition) is 2. The summed E-state index contributed by atoms with van der Waals surface area (Å²) in [6.07, 6.45) is 0. The summed E-state index contributed by atoms with van der Waals surface area (Å²) in [5.74, 6) is -0.863. The van der Waals surface area contributed by atoms with Crippen LogP contribution in [0.4, 0.5) is 8.78 Å². The molecule has 2 N–H and O–H groups in total. The van der Waals surface area contributed by atoms with Crippen LogP contribution in [0.3, 0.4) is 0 Å². The molecule has 2 aromatic carbocycles. The Morgan fingerprint density at radius 2 is 1.72 bits per heavy atom. The molecule has 170 valence electrons. The Bertz CT molecular complexity index is 1100. The predicted octanol–water partition coefficient (Wildman–Crippen LogP) is 2.03. The van der Waals surface area contributed by atoms with Crippen LogP contribution in [0.1, 0.15) is 11.1 Å². The summed E-state index contributed by atoms with van der Waals surface area (Å²) in [6.45, 7) is 0.534. The highest BCUT2D eigenvalue weighted by Gasteiger charge is 2.15. The molecule has 32 heavy (non-hydrogen) atoms. The zero-order chi connectivity index (χ0) is 23.1. The lowest BCUT2D eigenvalue weighted by atomic mass is 10.1. The summed E-state index contributed by atoms with van der Waals surface area (Å²) in [5, 5.41) is 23.0. The number of ether oxygens (including phenoxy) is 1. The average molecular weight is 445 g/mol. The fraction of sp³-hybridized carbons (Fsp3) is 0.304. The fourth-order valence-corrected chi connectivity index (χ4v) is 3.34. The van der Waals surface area contributed by atoms with E-state index in [4.69, 9.17) is 4.74 Å². The van der Waals surface area contributed by atoms with Crippen molar-refractivity contribution >= 4 is 0 Å². The van der Waals surface area contributed by atoms with Gasteiger partial charge in [0.25, 0.3) is 5.56 Å². The van der Waals surface area contributed by atoms with Crippen molar-refractivity contribution in [3.05, 3.63) is 81.6 Å². The van der Waals surface area contributed by atoms with Crippen LogP contribution in [0, 0.1) is 11.6 Å². The highest BCUT2D eigenvalue weighted by molar-refractivity contribution is 5.60. The van der Waals surface area contributed by atoms with E-state index in [9.17, 15) is 23.8 Å². The maximum atomic E-state index is 14.3. The van der Waals surface area contributed by atoms with Gasteiger partial charge >= 0.3 is 0 Å². The van der Waals surface area contributed by atoms with Crippen LogP contribution in [0.15, 0.2) is 53.3 Å². The number of halogens is 2. The molecule has 0 aliphatic heterocycles. The zero-order valence-electron chi connectivity index (χ0n) is 17.7. The maximum absolute atomic E-state index is 14.3. The van der Waals surface area contributed by atoms with Crippen LogP contribution in [-0.2, 0) is 13.1 Å². The van der Waals surface area contributed by atoms with E-state index in [0.717, 1.165) is 0 Å². The van der Waals surface area contributed by atoms with Crippen molar-refractivity contribution in [3.8, 4) is 17.0 Å². The molecule has 0 aliphatic rings. The predicted molar refractivity (Wildman–Crippen MR) is 115 cm³/mol. The molecule has 9 heteroatoms. The minimum absolute atomic E-state index is 0.0886. The minimum Gasteiger partial charge on any atom is -0.494 e. The first-order valence-electron chi connectivity index (χ1n) is 10.1. The molecular formula is C23H25F2N3O4. The first kappa shape index (κ1) is 23.5. The van der Waals surface area contributed by atoms with Crippen molar-refractivity contribution in [2.75, 3.05) is 33.4 Å². The fourth-order valence-electron chi connectivity index (χ4n) is 3.34. The number of rotatable bonds is 10. The normalized spacial score (nSPS) is 11.2. The van der Waals surface area contributed by atoms with Gasteiger partial charge in [0.05, 0.1) is 32.6 Å². The summed E-state index contributed by atoms with van der Waals surface area (Å²) in [5.41, 5.74) is 1.50. The molecule has 3 aromatic rings. The second-order valence-electron chi connectivity index (χ2n) is 7.22. The number of aliphatic hydroxyl groups excluding tert-OH is 2. The van der Waals surface area contributed by atoms with Crippen molar-refractivity contribution in [2.45, 2.75) is 13.1 Å². The summed E-state index contributed by atoms with van der Waals surface area (Å²) in [7, 11) is 1.37. The summed E-state index contributed by atoms with van der Waals surface area (Å²) in [4.78, 5) is 14.8. The van der Waals surface area contributed by atoms with E-state index in [1.54, 1.807) is 29.2 Å². The molecule has 3 rings (SSSR count). The van der Waals surface area contributed by atoms with E-state index in [2.05, 4.69) is 5.10 Å². The van der Waals surface area contributed by atoms with Gasteiger partial charge in [0, 0.05) is 30.8 Å². The van der Waals surface area contributed by atoms with Gasteiger partial charge in [0.1, 0.15) is 5.82 Å². The number of methoxy groups -OCH3 is 1. The Hall–Kier alpha value is -3.14. The first-order chi connectivity index (χ1) is 15.4. The third kappa shape index (κ3) is 5.76. The minimum atomic E-state index is -0.563. The van der Waals surface area contributed by atoms with E-state index in [0.29, 0.717) is 22.4 Å². The molecule has 0 saturated heterocycles. The van der Waals surface area contributed by atoms with Crippen LogP contribution in [0.5, 0.6) is 5.75 Å². The smallest absolute Gasteiger partial charge is 0.271 e. The van der Waals surface area contributed by atoms with Crippen LogP contribution < -0.4 is 10.3 Å². The van der Waals surface area contributed by atoms with Crippen LogP contribution in [0.2, 0.25) is 0 Å². The molecule has 0 unspecified atom stereocenters. The van der Waals surface area contributed by atoms with Crippen molar-refractivity contribution in [2.24, 2.45) is 0 Å².